The van der Waals surface area contributed by atoms with E-state index >= 15 is 0 Å². The fourth-order valence-corrected chi connectivity index (χ4v) is 3.30. The molecule has 2 nitrogen and oxygen atoms in total. The molecule has 1 unspecified atom stereocenters. The Morgan fingerprint density at radius 1 is 1.18 bits per heavy atom. The molecular weight excluding hydrogens is 208 g/mol. The maximum absolute atomic E-state index is 3.79. The molecule has 0 aromatic carbocycles. The van der Waals surface area contributed by atoms with Crippen molar-refractivity contribution in [1.29, 1.82) is 0 Å². The molecule has 1 aliphatic carbocycles. The summed E-state index contributed by atoms with van der Waals surface area (Å²) in [4.78, 5) is 0. The Bertz CT molecular complexity index is 237. The molecule has 1 atom stereocenters. The van der Waals surface area contributed by atoms with E-state index in [2.05, 4.69) is 31.4 Å². The van der Waals surface area contributed by atoms with E-state index in [0.717, 1.165) is 5.92 Å². The van der Waals surface area contributed by atoms with Crippen LogP contribution < -0.4 is 10.6 Å². The van der Waals surface area contributed by atoms with E-state index in [-0.39, 0.29) is 0 Å². The lowest BCUT2D eigenvalue weighted by Gasteiger charge is -2.38. The average Bonchev–Trinajstić information content (AvgIpc) is 3.11. The molecule has 1 heterocycles. The van der Waals surface area contributed by atoms with Gasteiger partial charge in [0.1, 0.15) is 0 Å². The first-order valence-corrected chi connectivity index (χ1v) is 7.54. The lowest BCUT2D eigenvalue weighted by atomic mass is 9.78. The predicted octanol–water partition coefficient (Wildman–Crippen LogP) is 2.79. The maximum Gasteiger partial charge on any atom is 0.00201 e. The van der Waals surface area contributed by atoms with Crippen LogP contribution in [0.15, 0.2) is 0 Å². The minimum atomic E-state index is 0.533. The molecule has 0 aromatic heterocycles. The van der Waals surface area contributed by atoms with Crippen molar-refractivity contribution < 1.29 is 0 Å². The molecule has 2 fully saturated rings. The topological polar surface area (TPSA) is 24.1 Å². The molecule has 2 aliphatic rings. The SMILES string of the molecule is CCC1(CNCC2(C(C)C)CC2)CCCNC1. The van der Waals surface area contributed by atoms with Crippen LogP contribution >= 0.6 is 0 Å². The van der Waals surface area contributed by atoms with E-state index < -0.39 is 0 Å². The van der Waals surface area contributed by atoms with E-state index in [1.54, 1.807) is 0 Å². The van der Waals surface area contributed by atoms with Crippen LogP contribution in [0.1, 0.15) is 52.9 Å². The van der Waals surface area contributed by atoms with Crippen LogP contribution in [0, 0.1) is 16.7 Å². The monoisotopic (exact) mass is 238 g/mol. The molecule has 0 aromatic rings. The molecule has 1 saturated carbocycles. The lowest BCUT2D eigenvalue weighted by molar-refractivity contribution is 0.184. The van der Waals surface area contributed by atoms with Gasteiger partial charge >= 0.3 is 0 Å². The van der Waals surface area contributed by atoms with Crippen molar-refractivity contribution in [3.8, 4) is 0 Å². The number of piperidine rings is 1. The minimum Gasteiger partial charge on any atom is -0.316 e. The molecule has 2 N–H and O–H groups in total. The molecule has 100 valence electrons. The molecule has 2 rings (SSSR count). The smallest absolute Gasteiger partial charge is 0.00201 e. The summed E-state index contributed by atoms with van der Waals surface area (Å²) in [5.41, 5.74) is 1.18. The van der Waals surface area contributed by atoms with Crippen molar-refractivity contribution >= 4 is 0 Å². The van der Waals surface area contributed by atoms with Crippen molar-refractivity contribution in [1.82, 2.24) is 10.6 Å². The largest absolute Gasteiger partial charge is 0.316 e. The summed E-state index contributed by atoms with van der Waals surface area (Å²) in [6, 6.07) is 0. The Kier molecular flexibility index (Phi) is 4.14. The Morgan fingerprint density at radius 2 is 1.94 bits per heavy atom. The first kappa shape index (κ1) is 13.4. The van der Waals surface area contributed by atoms with E-state index in [1.165, 1.54) is 58.3 Å². The van der Waals surface area contributed by atoms with Gasteiger partial charge in [-0.25, -0.2) is 0 Å². The van der Waals surface area contributed by atoms with Gasteiger partial charge in [0.05, 0.1) is 0 Å². The van der Waals surface area contributed by atoms with Crippen molar-refractivity contribution in [2.24, 2.45) is 16.7 Å². The van der Waals surface area contributed by atoms with Gasteiger partial charge in [0.2, 0.25) is 0 Å². The first-order chi connectivity index (χ1) is 8.13. The quantitative estimate of drug-likeness (QED) is 0.743. The van der Waals surface area contributed by atoms with Crippen LogP contribution in [0.2, 0.25) is 0 Å². The van der Waals surface area contributed by atoms with E-state index in [4.69, 9.17) is 0 Å². The third-order valence-corrected chi connectivity index (χ3v) is 5.40. The van der Waals surface area contributed by atoms with Gasteiger partial charge in [-0.05, 0) is 55.4 Å². The molecule has 0 amide bonds. The van der Waals surface area contributed by atoms with Gasteiger partial charge < -0.3 is 10.6 Å². The number of nitrogens with one attached hydrogen (secondary N) is 2. The van der Waals surface area contributed by atoms with Crippen LogP contribution in [0.5, 0.6) is 0 Å². The highest BCUT2D eigenvalue weighted by Gasteiger charge is 2.45. The number of rotatable bonds is 6. The van der Waals surface area contributed by atoms with Crippen LogP contribution in [0.4, 0.5) is 0 Å². The zero-order chi connectivity index (χ0) is 12.4. The highest BCUT2D eigenvalue weighted by molar-refractivity contribution is 4.98. The summed E-state index contributed by atoms with van der Waals surface area (Å²) in [5, 5.41) is 7.36. The van der Waals surface area contributed by atoms with Crippen molar-refractivity contribution in [3.63, 3.8) is 0 Å². The summed E-state index contributed by atoms with van der Waals surface area (Å²) in [6.07, 6.45) is 6.94. The van der Waals surface area contributed by atoms with Gasteiger partial charge in [-0.2, -0.15) is 0 Å². The Morgan fingerprint density at radius 3 is 2.41 bits per heavy atom. The van der Waals surface area contributed by atoms with E-state index in [0.29, 0.717) is 10.8 Å². The van der Waals surface area contributed by atoms with Crippen LogP contribution in [0.3, 0.4) is 0 Å². The Hall–Kier alpha value is -0.0800. The Labute approximate surface area is 107 Å². The van der Waals surface area contributed by atoms with Gasteiger partial charge in [0, 0.05) is 19.6 Å². The van der Waals surface area contributed by atoms with Gasteiger partial charge in [0.15, 0.2) is 0 Å². The summed E-state index contributed by atoms with van der Waals surface area (Å²) >= 11 is 0. The van der Waals surface area contributed by atoms with Gasteiger partial charge in [-0.15, -0.1) is 0 Å². The fourth-order valence-electron chi connectivity index (χ4n) is 3.30. The van der Waals surface area contributed by atoms with Gasteiger partial charge in [-0.1, -0.05) is 20.8 Å². The normalized spacial score (nSPS) is 31.8. The zero-order valence-corrected chi connectivity index (χ0v) is 11.9. The second kappa shape index (κ2) is 5.27. The van der Waals surface area contributed by atoms with E-state index in [9.17, 15) is 0 Å². The van der Waals surface area contributed by atoms with Crippen LogP contribution in [-0.2, 0) is 0 Å². The maximum atomic E-state index is 3.79. The van der Waals surface area contributed by atoms with Crippen molar-refractivity contribution in [2.75, 3.05) is 26.2 Å². The van der Waals surface area contributed by atoms with Gasteiger partial charge in [-0.3, -0.25) is 0 Å². The summed E-state index contributed by atoms with van der Waals surface area (Å²) in [7, 11) is 0. The van der Waals surface area contributed by atoms with Crippen LogP contribution in [0.25, 0.3) is 0 Å². The molecule has 0 spiro atoms. The molecule has 2 heteroatoms. The standard InChI is InChI=1S/C15H30N2/c1-4-14(6-5-9-16-10-14)11-17-12-15(7-8-15)13(2)3/h13,16-17H,4-12H2,1-3H3. The van der Waals surface area contributed by atoms with Crippen molar-refractivity contribution in [2.45, 2.75) is 52.9 Å². The summed E-state index contributed by atoms with van der Waals surface area (Å²) < 4.78 is 0. The molecule has 0 bridgehead atoms. The second-order valence-electron chi connectivity index (χ2n) is 6.75. The van der Waals surface area contributed by atoms with Crippen molar-refractivity contribution in [3.05, 3.63) is 0 Å². The zero-order valence-electron chi connectivity index (χ0n) is 11.9. The predicted molar refractivity (Wildman–Crippen MR) is 74.2 cm³/mol. The molecule has 17 heavy (non-hydrogen) atoms. The lowest BCUT2D eigenvalue weighted by Crippen LogP contribution is -2.47. The summed E-state index contributed by atoms with van der Waals surface area (Å²) in [5.74, 6) is 0.844. The third kappa shape index (κ3) is 3.03. The highest BCUT2D eigenvalue weighted by Crippen LogP contribution is 2.51. The molecule has 0 radical (unpaired) electrons. The Balaban J connectivity index is 1.76. The molecular formula is C15H30N2. The van der Waals surface area contributed by atoms with Crippen LogP contribution in [-0.4, -0.2) is 26.2 Å². The molecule has 1 saturated heterocycles. The highest BCUT2D eigenvalue weighted by atomic mass is 15.0. The minimum absolute atomic E-state index is 0.533. The fraction of sp³-hybridized carbons (Fsp3) is 1.00. The first-order valence-electron chi connectivity index (χ1n) is 7.54. The van der Waals surface area contributed by atoms with Gasteiger partial charge in [0.25, 0.3) is 0 Å². The second-order valence-corrected chi connectivity index (χ2v) is 6.75. The average molecular weight is 238 g/mol. The summed E-state index contributed by atoms with van der Waals surface area (Å²) in [6.45, 7) is 12.0. The van der Waals surface area contributed by atoms with E-state index in [1.807, 2.05) is 0 Å². The molecule has 1 aliphatic heterocycles. The third-order valence-electron chi connectivity index (χ3n) is 5.40. The number of hydrogen-bond acceptors (Lipinski definition) is 2. The number of hydrogen-bond donors (Lipinski definition) is 2.